The van der Waals surface area contributed by atoms with Gasteiger partial charge in [-0.25, -0.2) is 0 Å². The Morgan fingerprint density at radius 3 is 2.63 bits per heavy atom. The standard InChI is InChI=1S/C15H23N3O/c1-4-16-11-12-5-7-13(8-6-12)18-10-9-17-14(19)15(18,2)3/h5-8,16H,4,9-11H2,1-3H3,(H,17,19). The molecule has 1 aliphatic rings. The Bertz CT molecular complexity index is 439. The lowest BCUT2D eigenvalue weighted by molar-refractivity contribution is -0.126. The second-order valence-corrected chi connectivity index (χ2v) is 5.41. The van der Waals surface area contributed by atoms with E-state index in [0.717, 1.165) is 25.3 Å². The van der Waals surface area contributed by atoms with Crippen molar-refractivity contribution < 1.29 is 4.79 Å². The zero-order valence-corrected chi connectivity index (χ0v) is 12.0. The number of nitrogens with one attached hydrogen (secondary N) is 2. The van der Waals surface area contributed by atoms with Crippen molar-refractivity contribution in [2.45, 2.75) is 32.9 Å². The van der Waals surface area contributed by atoms with Gasteiger partial charge in [0.25, 0.3) is 0 Å². The van der Waals surface area contributed by atoms with Gasteiger partial charge < -0.3 is 15.5 Å². The first-order valence-electron chi connectivity index (χ1n) is 6.91. The number of piperazine rings is 1. The molecule has 0 unspecified atom stereocenters. The van der Waals surface area contributed by atoms with Gasteiger partial charge in [-0.1, -0.05) is 19.1 Å². The van der Waals surface area contributed by atoms with Crippen molar-refractivity contribution in [3.8, 4) is 0 Å². The molecule has 1 amide bonds. The van der Waals surface area contributed by atoms with Crippen LogP contribution in [0.4, 0.5) is 5.69 Å². The third kappa shape index (κ3) is 2.89. The largest absolute Gasteiger partial charge is 0.356 e. The van der Waals surface area contributed by atoms with Gasteiger partial charge in [0.1, 0.15) is 5.54 Å². The summed E-state index contributed by atoms with van der Waals surface area (Å²) in [5, 5.41) is 6.23. The van der Waals surface area contributed by atoms with Crippen LogP contribution in [0.5, 0.6) is 0 Å². The SMILES string of the molecule is CCNCc1ccc(N2CCNC(=O)C2(C)C)cc1. The van der Waals surface area contributed by atoms with E-state index >= 15 is 0 Å². The highest BCUT2D eigenvalue weighted by molar-refractivity contribution is 5.90. The van der Waals surface area contributed by atoms with Crippen LogP contribution in [-0.2, 0) is 11.3 Å². The number of nitrogens with zero attached hydrogens (tertiary/aromatic N) is 1. The van der Waals surface area contributed by atoms with Gasteiger partial charge in [0, 0.05) is 25.3 Å². The monoisotopic (exact) mass is 261 g/mol. The van der Waals surface area contributed by atoms with Gasteiger partial charge >= 0.3 is 0 Å². The molecule has 2 N–H and O–H groups in total. The summed E-state index contributed by atoms with van der Waals surface area (Å²) in [4.78, 5) is 14.1. The normalized spacial score (nSPS) is 18.3. The van der Waals surface area contributed by atoms with Crippen LogP contribution in [0.1, 0.15) is 26.3 Å². The molecule has 1 aliphatic heterocycles. The Kier molecular flexibility index (Phi) is 4.10. The Balaban J connectivity index is 2.15. The molecule has 1 heterocycles. The highest BCUT2D eigenvalue weighted by atomic mass is 16.2. The highest BCUT2D eigenvalue weighted by Gasteiger charge is 2.37. The first-order valence-corrected chi connectivity index (χ1v) is 6.91. The zero-order valence-electron chi connectivity index (χ0n) is 12.0. The van der Waals surface area contributed by atoms with E-state index in [1.54, 1.807) is 0 Å². The topological polar surface area (TPSA) is 44.4 Å². The van der Waals surface area contributed by atoms with Crippen LogP contribution in [0.15, 0.2) is 24.3 Å². The fourth-order valence-corrected chi connectivity index (χ4v) is 2.41. The first-order chi connectivity index (χ1) is 9.05. The van der Waals surface area contributed by atoms with Crippen molar-refractivity contribution in [2.75, 3.05) is 24.5 Å². The first kappa shape index (κ1) is 13.9. The minimum atomic E-state index is -0.485. The van der Waals surface area contributed by atoms with Gasteiger partial charge in [0.15, 0.2) is 0 Å². The quantitative estimate of drug-likeness (QED) is 0.863. The summed E-state index contributed by atoms with van der Waals surface area (Å²) in [5.74, 6) is 0.0930. The molecule has 1 saturated heterocycles. The Hall–Kier alpha value is -1.55. The number of carbonyl (C=O) groups excluding carboxylic acids is 1. The molecule has 0 spiro atoms. The summed E-state index contributed by atoms with van der Waals surface area (Å²) in [6.07, 6.45) is 0. The molecule has 4 nitrogen and oxygen atoms in total. The molecule has 0 aromatic heterocycles. The third-order valence-corrected chi connectivity index (χ3v) is 3.68. The van der Waals surface area contributed by atoms with Crippen LogP contribution in [0.3, 0.4) is 0 Å². The average molecular weight is 261 g/mol. The zero-order chi connectivity index (χ0) is 13.9. The van der Waals surface area contributed by atoms with Crippen LogP contribution in [0.25, 0.3) is 0 Å². The molecule has 1 aromatic rings. The molecule has 2 rings (SSSR count). The van der Waals surface area contributed by atoms with Gasteiger partial charge in [-0.2, -0.15) is 0 Å². The minimum absolute atomic E-state index is 0.0930. The smallest absolute Gasteiger partial charge is 0.245 e. The molecular formula is C15H23N3O. The van der Waals surface area contributed by atoms with Crippen molar-refractivity contribution >= 4 is 11.6 Å². The maximum absolute atomic E-state index is 11.9. The van der Waals surface area contributed by atoms with E-state index in [2.05, 4.69) is 46.7 Å². The van der Waals surface area contributed by atoms with E-state index in [1.165, 1.54) is 5.56 Å². The van der Waals surface area contributed by atoms with Crippen molar-refractivity contribution in [3.63, 3.8) is 0 Å². The predicted octanol–water partition coefficient (Wildman–Crippen LogP) is 1.51. The lowest BCUT2D eigenvalue weighted by atomic mass is 9.97. The van der Waals surface area contributed by atoms with E-state index in [4.69, 9.17) is 0 Å². The average Bonchev–Trinajstić information content (AvgIpc) is 2.40. The molecule has 0 bridgehead atoms. The van der Waals surface area contributed by atoms with Crippen molar-refractivity contribution in [1.82, 2.24) is 10.6 Å². The summed E-state index contributed by atoms with van der Waals surface area (Å²) >= 11 is 0. The number of anilines is 1. The van der Waals surface area contributed by atoms with Crippen molar-refractivity contribution in [2.24, 2.45) is 0 Å². The number of amides is 1. The molecule has 0 aliphatic carbocycles. The second kappa shape index (κ2) is 5.61. The van der Waals surface area contributed by atoms with Crippen LogP contribution >= 0.6 is 0 Å². The van der Waals surface area contributed by atoms with E-state index in [9.17, 15) is 4.79 Å². The summed E-state index contributed by atoms with van der Waals surface area (Å²) in [7, 11) is 0. The second-order valence-electron chi connectivity index (χ2n) is 5.41. The van der Waals surface area contributed by atoms with Crippen LogP contribution in [0, 0.1) is 0 Å². The van der Waals surface area contributed by atoms with E-state index < -0.39 is 5.54 Å². The number of carbonyl (C=O) groups is 1. The summed E-state index contributed by atoms with van der Waals surface area (Å²) in [6, 6.07) is 8.46. The minimum Gasteiger partial charge on any atom is -0.356 e. The van der Waals surface area contributed by atoms with Gasteiger partial charge in [-0.3, -0.25) is 4.79 Å². The summed E-state index contributed by atoms with van der Waals surface area (Å²) in [6.45, 7) is 9.46. The third-order valence-electron chi connectivity index (χ3n) is 3.68. The molecule has 0 radical (unpaired) electrons. The van der Waals surface area contributed by atoms with E-state index in [0.29, 0.717) is 6.54 Å². The van der Waals surface area contributed by atoms with Crippen LogP contribution < -0.4 is 15.5 Å². The summed E-state index contributed by atoms with van der Waals surface area (Å²) < 4.78 is 0. The molecule has 0 atom stereocenters. The number of hydrogen-bond acceptors (Lipinski definition) is 3. The Morgan fingerprint density at radius 1 is 1.32 bits per heavy atom. The van der Waals surface area contributed by atoms with Gasteiger partial charge in [-0.05, 0) is 38.1 Å². The Labute approximate surface area is 115 Å². The molecule has 0 saturated carbocycles. The molecule has 19 heavy (non-hydrogen) atoms. The number of hydrogen-bond donors (Lipinski definition) is 2. The van der Waals surface area contributed by atoms with Crippen molar-refractivity contribution in [3.05, 3.63) is 29.8 Å². The maximum Gasteiger partial charge on any atom is 0.245 e. The van der Waals surface area contributed by atoms with Crippen LogP contribution in [-0.4, -0.2) is 31.1 Å². The van der Waals surface area contributed by atoms with E-state index in [1.807, 2.05) is 13.8 Å². The van der Waals surface area contributed by atoms with Gasteiger partial charge in [-0.15, -0.1) is 0 Å². The predicted molar refractivity (Wildman–Crippen MR) is 78.3 cm³/mol. The highest BCUT2D eigenvalue weighted by Crippen LogP contribution is 2.26. The Morgan fingerprint density at radius 2 is 2.00 bits per heavy atom. The molecule has 1 aromatic carbocycles. The van der Waals surface area contributed by atoms with Crippen LogP contribution in [0.2, 0.25) is 0 Å². The lowest BCUT2D eigenvalue weighted by Crippen LogP contribution is -2.62. The molecule has 104 valence electrons. The summed E-state index contributed by atoms with van der Waals surface area (Å²) in [5.41, 5.74) is 1.89. The molecule has 4 heteroatoms. The maximum atomic E-state index is 11.9. The molecular weight excluding hydrogens is 238 g/mol. The van der Waals surface area contributed by atoms with Crippen molar-refractivity contribution in [1.29, 1.82) is 0 Å². The number of rotatable bonds is 4. The van der Waals surface area contributed by atoms with Gasteiger partial charge in [0.2, 0.25) is 5.91 Å². The lowest BCUT2D eigenvalue weighted by Gasteiger charge is -2.42. The van der Waals surface area contributed by atoms with Gasteiger partial charge in [0.05, 0.1) is 0 Å². The fourth-order valence-electron chi connectivity index (χ4n) is 2.41. The molecule has 1 fully saturated rings. The number of benzene rings is 1. The van der Waals surface area contributed by atoms with E-state index in [-0.39, 0.29) is 5.91 Å². The fraction of sp³-hybridized carbons (Fsp3) is 0.533.